The summed E-state index contributed by atoms with van der Waals surface area (Å²) >= 11 is 0. The van der Waals surface area contributed by atoms with Crippen LogP contribution >= 0.6 is 0 Å². The molecule has 0 saturated heterocycles. The van der Waals surface area contributed by atoms with Gasteiger partial charge >= 0.3 is 6.09 Å². The monoisotopic (exact) mass is 417 g/mol. The molecule has 31 heavy (non-hydrogen) atoms. The summed E-state index contributed by atoms with van der Waals surface area (Å²) in [5.74, 6) is 0.897. The summed E-state index contributed by atoms with van der Waals surface area (Å²) in [7, 11) is 1.60. The van der Waals surface area contributed by atoms with E-state index in [9.17, 15) is 4.79 Å². The summed E-state index contributed by atoms with van der Waals surface area (Å²) in [4.78, 5) is 12.3. The number of carbonyl (C=O) groups excluding carboxylic acids is 1. The SMILES string of the molecule is COc1ccc(NC(=O)OC2C=CC(c3c(C)nn(-c4ccccc4C)c3C)C2)cc1. The molecule has 2 atom stereocenters. The predicted molar refractivity (Wildman–Crippen MR) is 121 cm³/mol. The van der Waals surface area contributed by atoms with Crippen LogP contribution in [0.1, 0.15) is 34.9 Å². The molecule has 4 rings (SSSR count). The second-order valence-electron chi connectivity index (χ2n) is 7.81. The highest BCUT2D eigenvalue weighted by molar-refractivity contribution is 5.84. The van der Waals surface area contributed by atoms with Crippen LogP contribution in [0.25, 0.3) is 5.69 Å². The van der Waals surface area contributed by atoms with Gasteiger partial charge in [0.15, 0.2) is 0 Å². The van der Waals surface area contributed by atoms with Gasteiger partial charge in [-0.1, -0.05) is 24.3 Å². The van der Waals surface area contributed by atoms with Crippen LogP contribution < -0.4 is 10.1 Å². The molecule has 6 heteroatoms. The molecular weight excluding hydrogens is 390 g/mol. The Morgan fingerprint density at radius 3 is 2.52 bits per heavy atom. The number of aromatic nitrogens is 2. The molecule has 2 aromatic carbocycles. The summed E-state index contributed by atoms with van der Waals surface area (Å²) in [5, 5.41) is 7.56. The lowest BCUT2D eigenvalue weighted by atomic mass is 9.96. The number of methoxy groups -OCH3 is 1. The van der Waals surface area contributed by atoms with E-state index >= 15 is 0 Å². The van der Waals surface area contributed by atoms with E-state index in [0.29, 0.717) is 12.1 Å². The smallest absolute Gasteiger partial charge is 0.412 e. The summed E-state index contributed by atoms with van der Waals surface area (Å²) < 4.78 is 12.8. The van der Waals surface area contributed by atoms with Gasteiger partial charge in [0.25, 0.3) is 0 Å². The van der Waals surface area contributed by atoms with Crippen molar-refractivity contribution in [3.05, 3.63) is 83.2 Å². The number of anilines is 1. The number of nitrogens with zero attached hydrogens (tertiary/aromatic N) is 2. The normalized spacial score (nSPS) is 17.5. The minimum Gasteiger partial charge on any atom is -0.497 e. The van der Waals surface area contributed by atoms with Gasteiger partial charge in [-0.3, -0.25) is 5.32 Å². The first kappa shape index (κ1) is 20.7. The summed E-state index contributed by atoms with van der Waals surface area (Å²) in [5.41, 5.74) is 6.24. The third-order valence-electron chi connectivity index (χ3n) is 5.70. The number of rotatable bonds is 5. The molecule has 2 unspecified atom stereocenters. The number of hydrogen-bond donors (Lipinski definition) is 1. The largest absolute Gasteiger partial charge is 0.497 e. The molecule has 0 fully saturated rings. The molecule has 1 aromatic heterocycles. The third kappa shape index (κ3) is 4.33. The van der Waals surface area contributed by atoms with E-state index in [1.807, 2.05) is 29.8 Å². The number of aryl methyl sites for hydroxylation is 2. The highest BCUT2D eigenvalue weighted by Crippen LogP contribution is 2.35. The van der Waals surface area contributed by atoms with E-state index in [4.69, 9.17) is 14.6 Å². The summed E-state index contributed by atoms with van der Waals surface area (Å²) in [6, 6.07) is 15.4. The van der Waals surface area contributed by atoms with Crippen molar-refractivity contribution in [1.29, 1.82) is 0 Å². The van der Waals surface area contributed by atoms with Crippen molar-refractivity contribution >= 4 is 11.8 Å². The standard InChI is InChI=1S/C25H27N3O3/c1-16-7-5-6-8-23(16)28-18(3)24(17(2)27-28)19-9-12-22(15-19)31-25(29)26-20-10-13-21(30-4)14-11-20/h5-14,19,22H,15H2,1-4H3,(H,26,29). The Hall–Kier alpha value is -3.54. The Morgan fingerprint density at radius 1 is 1.06 bits per heavy atom. The minimum atomic E-state index is -0.468. The molecule has 0 spiro atoms. The maximum Gasteiger partial charge on any atom is 0.412 e. The molecule has 0 saturated carbocycles. The van der Waals surface area contributed by atoms with Crippen molar-refractivity contribution in [1.82, 2.24) is 9.78 Å². The highest BCUT2D eigenvalue weighted by atomic mass is 16.6. The number of nitrogens with one attached hydrogen (secondary N) is 1. The lowest BCUT2D eigenvalue weighted by Gasteiger charge is -2.15. The molecule has 0 radical (unpaired) electrons. The van der Waals surface area contributed by atoms with Gasteiger partial charge in [-0.05, 0) is 69.2 Å². The molecular formula is C25H27N3O3. The van der Waals surface area contributed by atoms with E-state index in [0.717, 1.165) is 22.8 Å². The molecule has 3 aromatic rings. The molecule has 0 aliphatic heterocycles. The van der Waals surface area contributed by atoms with Crippen LogP contribution in [-0.2, 0) is 4.74 Å². The van der Waals surface area contributed by atoms with Crippen LogP contribution in [0, 0.1) is 20.8 Å². The summed E-state index contributed by atoms with van der Waals surface area (Å²) in [6.07, 6.45) is 4.04. The van der Waals surface area contributed by atoms with Gasteiger partial charge < -0.3 is 9.47 Å². The van der Waals surface area contributed by atoms with Gasteiger partial charge in [0.2, 0.25) is 0 Å². The first-order chi connectivity index (χ1) is 15.0. The van der Waals surface area contributed by atoms with Gasteiger partial charge in [-0.15, -0.1) is 0 Å². The highest BCUT2D eigenvalue weighted by Gasteiger charge is 2.28. The fourth-order valence-corrected chi connectivity index (χ4v) is 4.15. The fourth-order valence-electron chi connectivity index (χ4n) is 4.15. The van der Waals surface area contributed by atoms with Crippen LogP contribution in [0.5, 0.6) is 5.75 Å². The number of carbonyl (C=O) groups is 1. The van der Waals surface area contributed by atoms with Crippen molar-refractivity contribution in [3.63, 3.8) is 0 Å². The fraction of sp³-hybridized carbons (Fsp3) is 0.280. The average Bonchev–Trinajstić information content (AvgIpc) is 3.32. The zero-order valence-electron chi connectivity index (χ0n) is 18.3. The zero-order valence-corrected chi connectivity index (χ0v) is 18.3. The second kappa shape index (κ2) is 8.68. The molecule has 1 amide bonds. The van der Waals surface area contributed by atoms with E-state index in [2.05, 4.69) is 37.4 Å². The minimum absolute atomic E-state index is 0.163. The number of allylic oxidation sites excluding steroid dienone is 1. The van der Waals surface area contributed by atoms with Crippen LogP contribution in [0.2, 0.25) is 0 Å². The predicted octanol–water partition coefficient (Wildman–Crippen LogP) is 5.47. The Bertz CT molecular complexity index is 1120. The topological polar surface area (TPSA) is 65.4 Å². The molecule has 0 bridgehead atoms. The Morgan fingerprint density at radius 2 is 1.81 bits per heavy atom. The van der Waals surface area contributed by atoms with Gasteiger partial charge in [-0.2, -0.15) is 5.10 Å². The number of ether oxygens (including phenoxy) is 2. The first-order valence-electron chi connectivity index (χ1n) is 10.4. The number of benzene rings is 2. The van der Waals surface area contributed by atoms with Crippen LogP contribution in [-0.4, -0.2) is 29.1 Å². The van der Waals surface area contributed by atoms with Crippen molar-refractivity contribution in [3.8, 4) is 11.4 Å². The quantitative estimate of drug-likeness (QED) is 0.559. The molecule has 1 heterocycles. The van der Waals surface area contributed by atoms with E-state index < -0.39 is 6.09 Å². The average molecular weight is 418 g/mol. The van der Waals surface area contributed by atoms with Gasteiger partial charge in [0, 0.05) is 22.9 Å². The maximum atomic E-state index is 12.3. The van der Waals surface area contributed by atoms with Gasteiger partial charge in [-0.25, -0.2) is 9.48 Å². The van der Waals surface area contributed by atoms with Crippen molar-refractivity contribution in [2.24, 2.45) is 0 Å². The number of amides is 1. The first-order valence-corrected chi connectivity index (χ1v) is 10.4. The van der Waals surface area contributed by atoms with Gasteiger partial charge in [0.05, 0.1) is 18.5 Å². The summed E-state index contributed by atoms with van der Waals surface area (Å²) in [6.45, 7) is 6.22. The number of hydrogen-bond acceptors (Lipinski definition) is 4. The molecule has 160 valence electrons. The van der Waals surface area contributed by atoms with E-state index in [-0.39, 0.29) is 12.0 Å². The van der Waals surface area contributed by atoms with Gasteiger partial charge in [0.1, 0.15) is 11.9 Å². The van der Waals surface area contributed by atoms with Crippen molar-refractivity contribution in [2.45, 2.75) is 39.2 Å². The molecule has 1 aliphatic carbocycles. The van der Waals surface area contributed by atoms with Crippen molar-refractivity contribution in [2.75, 3.05) is 12.4 Å². The molecule has 1 N–H and O–H groups in total. The number of para-hydroxylation sites is 1. The van der Waals surface area contributed by atoms with Crippen LogP contribution in [0.3, 0.4) is 0 Å². The lowest BCUT2D eigenvalue weighted by molar-refractivity contribution is 0.132. The lowest BCUT2D eigenvalue weighted by Crippen LogP contribution is -2.20. The van der Waals surface area contributed by atoms with E-state index in [1.54, 1.807) is 31.4 Å². The molecule has 6 nitrogen and oxygen atoms in total. The Labute approximate surface area is 182 Å². The van der Waals surface area contributed by atoms with Crippen LogP contribution in [0.15, 0.2) is 60.7 Å². The van der Waals surface area contributed by atoms with Crippen molar-refractivity contribution < 1.29 is 14.3 Å². The Balaban J connectivity index is 1.43. The van der Waals surface area contributed by atoms with E-state index in [1.165, 1.54) is 11.1 Å². The molecule has 1 aliphatic rings. The van der Waals surface area contributed by atoms with Crippen LogP contribution in [0.4, 0.5) is 10.5 Å². The maximum absolute atomic E-state index is 12.3. The Kier molecular flexibility index (Phi) is 5.80. The third-order valence-corrected chi connectivity index (χ3v) is 5.70. The second-order valence-corrected chi connectivity index (χ2v) is 7.81. The zero-order chi connectivity index (χ0) is 22.0.